The molecule has 0 aromatic heterocycles. The topological polar surface area (TPSA) is 15.3 Å². The van der Waals surface area contributed by atoms with Crippen molar-refractivity contribution < 1.29 is 0 Å². The summed E-state index contributed by atoms with van der Waals surface area (Å²) < 4.78 is 0. The quantitative estimate of drug-likeness (QED) is 0.844. The Morgan fingerprint density at radius 1 is 1.00 bits per heavy atom. The van der Waals surface area contributed by atoms with Crippen molar-refractivity contribution in [2.45, 2.75) is 57.0 Å². The fraction of sp³-hybridized carbons (Fsp3) is 1.00. The second-order valence-corrected chi connectivity index (χ2v) is 7.54. The van der Waals surface area contributed by atoms with E-state index in [-0.39, 0.29) is 0 Å². The van der Waals surface area contributed by atoms with E-state index in [0.717, 1.165) is 18.0 Å². The highest BCUT2D eigenvalue weighted by Gasteiger charge is 2.27. The third-order valence-corrected chi connectivity index (χ3v) is 6.28. The summed E-state index contributed by atoms with van der Waals surface area (Å²) in [5.74, 6) is 3.67. The number of hydrogen-bond acceptors (Lipinski definition) is 3. The highest BCUT2D eigenvalue weighted by atomic mass is 32.2. The van der Waals surface area contributed by atoms with E-state index >= 15 is 0 Å². The molecule has 1 unspecified atom stereocenters. The van der Waals surface area contributed by atoms with Gasteiger partial charge in [-0.15, -0.1) is 0 Å². The molecular weight excluding hydrogens is 240 g/mol. The summed E-state index contributed by atoms with van der Waals surface area (Å²) in [5, 5.41) is 3.80. The number of nitrogens with one attached hydrogen (secondary N) is 1. The van der Waals surface area contributed by atoms with Gasteiger partial charge in [0.2, 0.25) is 0 Å². The fourth-order valence-corrected chi connectivity index (χ4v) is 5.01. The van der Waals surface area contributed by atoms with Crippen molar-refractivity contribution in [2.75, 3.05) is 31.1 Å². The molecule has 0 radical (unpaired) electrons. The van der Waals surface area contributed by atoms with Crippen LogP contribution in [0.2, 0.25) is 0 Å². The minimum Gasteiger partial charge on any atom is -0.313 e. The van der Waals surface area contributed by atoms with E-state index in [1.165, 1.54) is 76.1 Å². The van der Waals surface area contributed by atoms with E-state index in [9.17, 15) is 0 Å². The molecule has 0 aromatic rings. The first-order chi connectivity index (χ1) is 8.92. The summed E-state index contributed by atoms with van der Waals surface area (Å²) in [4.78, 5) is 2.79. The van der Waals surface area contributed by atoms with Crippen LogP contribution in [0.25, 0.3) is 0 Å². The SMILES string of the molecule is C1CCC(N2CCC(CNC3CCSC3)CC2)C1. The van der Waals surface area contributed by atoms with Crippen molar-refractivity contribution in [2.24, 2.45) is 5.92 Å². The average Bonchev–Trinajstić information content (AvgIpc) is 3.10. The molecule has 2 nitrogen and oxygen atoms in total. The predicted molar refractivity (Wildman–Crippen MR) is 80.3 cm³/mol. The third kappa shape index (κ3) is 3.43. The minimum atomic E-state index is 0.822. The molecule has 3 fully saturated rings. The van der Waals surface area contributed by atoms with Gasteiger partial charge in [-0.25, -0.2) is 0 Å². The highest BCUT2D eigenvalue weighted by Crippen LogP contribution is 2.27. The summed E-state index contributed by atoms with van der Waals surface area (Å²) >= 11 is 2.12. The van der Waals surface area contributed by atoms with E-state index in [1.54, 1.807) is 0 Å². The molecule has 104 valence electrons. The van der Waals surface area contributed by atoms with Gasteiger partial charge >= 0.3 is 0 Å². The Morgan fingerprint density at radius 2 is 1.78 bits per heavy atom. The van der Waals surface area contributed by atoms with Crippen LogP contribution < -0.4 is 5.32 Å². The molecular formula is C15H28N2S. The maximum Gasteiger partial charge on any atom is 0.0166 e. The third-order valence-electron chi connectivity index (χ3n) is 5.12. The Kier molecular flexibility index (Phi) is 4.88. The summed E-state index contributed by atoms with van der Waals surface area (Å²) in [5.41, 5.74) is 0. The Morgan fingerprint density at radius 3 is 2.44 bits per heavy atom. The van der Waals surface area contributed by atoms with Crippen LogP contribution in [0.15, 0.2) is 0 Å². The Hall–Kier alpha value is 0.270. The van der Waals surface area contributed by atoms with Crippen LogP contribution in [0.1, 0.15) is 44.9 Å². The molecule has 0 bridgehead atoms. The van der Waals surface area contributed by atoms with Gasteiger partial charge in [0.15, 0.2) is 0 Å². The van der Waals surface area contributed by atoms with Gasteiger partial charge in [0.1, 0.15) is 0 Å². The number of rotatable bonds is 4. The van der Waals surface area contributed by atoms with Gasteiger partial charge in [-0.2, -0.15) is 11.8 Å². The van der Waals surface area contributed by atoms with Gasteiger partial charge in [0, 0.05) is 17.8 Å². The lowest BCUT2D eigenvalue weighted by Gasteiger charge is -2.36. The van der Waals surface area contributed by atoms with Crippen LogP contribution in [0.4, 0.5) is 0 Å². The van der Waals surface area contributed by atoms with Gasteiger partial charge in [-0.3, -0.25) is 0 Å². The molecule has 1 aliphatic carbocycles. The normalized spacial score (nSPS) is 32.3. The van der Waals surface area contributed by atoms with Gasteiger partial charge in [-0.05, 0) is 63.4 Å². The zero-order valence-electron chi connectivity index (χ0n) is 11.6. The maximum atomic E-state index is 3.80. The van der Waals surface area contributed by atoms with Gasteiger partial charge < -0.3 is 10.2 Å². The smallest absolute Gasteiger partial charge is 0.0166 e. The second kappa shape index (κ2) is 6.62. The molecule has 3 heteroatoms. The van der Waals surface area contributed by atoms with Gasteiger partial charge in [0.05, 0.1) is 0 Å². The number of thioether (sulfide) groups is 1. The van der Waals surface area contributed by atoms with Gasteiger partial charge in [0.25, 0.3) is 0 Å². The van der Waals surface area contributed by atoms with Gasteiger partial charge in [-0.1, -0.05) is 12.8 Å². The van der Waals surface area contributed by atoms with E-state index in [4.69, 9.17) is 0 Å². The standard InChI is InChI=1S/C15H28N2S/c1-2-4-15(3-1)17-8-5-13(6-9-17)11-16-14-7-10-18-12-14/h13-16H,1-12H2. The molecule has 2 saturated heterocycles. The minimum absolute atomic E-state index is 0.822. The van der Waals surface area contributed by atoms with Crippen molar-refractivity contribution in [1.29, 1.82) is 0 Å². The van der Waals surface area contributed by atoms with Crippen LogP contribution in [0, 0.1) is 5.92 Å². The van der Waals surface area contributed by atoms with E-state index in [0.29, 0.717) is 0 Å². The highest BCUT2D eigenvalue weighted by molar-refractivity contribution is 7.99. The van der Waals surface area contributed by atoms with Crippen molar-refractivity contribution in [3.05, 3.63) is 0 Å². The zero-order chi connectivity index (χ0) is 12.2. The summed E-state index contributed by atoms with van der Waals surface area (Å²) in [6.07, 6.45) is 10.2. The largest absolute Gasteiger partial charge is 0.313 e. The monoisotopic (exact) mass is 268 g/mol. The number of hydrogen-bond donors (Lipinski definition) is 1. The molecule has 1 saturated carbocycles. The van der Waals surface area contributed by atoms with Crippen LogP contribution in [-0.4, -0.2) is 48.1 Å². The molecule has 0 aromatic carbocycles. The van der Waals surface area contributed by atoms with E-state index < -0.39 is 0 Å². The number of likely N-dealkylation sites (tertiary alicyclic amines) is 1. The van der Waals surface area contributed by atoms with Crippen LogP contribution in [0.3, 0.4) is 0 Å². The van der Waals surface area contributed by atoms with Crippen molar-refractivity contribution in [1.82, 2.24) is 10.2 Å². The maximum absolute atomic E-state index is 3.80. The Balaban J connectivity index is 1.34. The van der Waals surface area contributed by atoms with Crippen LogP contribution >= 0.6 is 11.8 Å². The summed E-state index contributed by atoms with van der Waals surface area (Å²) in [7, 11) is 0. The average molecular weight is 268 g/mol. The second-order valence-electron chi connectivity index (χ2n) is 6.39. The molecule has 3 rings (SSSR count). The lowest BCUT2D eigenvalue weighted by atomic mass is 9.95. The molecule has 0 spiro atoms. The van der Waals surface area contributed by atoms with E-state index in [1.807, 2.05) is 0 Å². The van der Waals surface area contributed by atoms with Crippen LogP contribution in [-0.2, 0) is 0 Å². The molecule has 0 amide bonds. The van der Waals surface area contributed by atoms with Crippen molar-refractivity contribution in [3.63, 3.8) is 0 Å². The van der Waals surface area contributed by atoms with Crippen molar-refractivity contribution >= 4 is 11.8 Å². The molecule has 2 aliphatic heterocycles. The first-order valence-corrected chi connectivity index (χ1v) is 9.12. The molecule has 2 heterocycles. The lowest BCUT2D eigenvalue weighted by molar-refractivity contribution is 0.132. The van der Waals surface area contributed by atoms with Crippen LogP contribution in [0.5, 0.6) is 0 Å². The zero-order valence-corrected chi connectivity index (χ0v) is 12.4. The molecule has 1 N–H and O–H groups in total. The number of piperidine rings is 1. The van der Waals surface area contributed by atoms with E-state index in [2.05, 4.69) is 22.0 Å². The molecule has 18 heavy (non-hydrogen) atoms. The summed E-state index contributed by atoms with van der Waals surface area (Å²) in [6.45, 7) is 4.02. The predicted octanol–water partition coefficient (Wildman–Crippen LogP) is 2.74. The molecule has 1 atom stereocenters. The Bertz CT molecular complexity index is 239. The Labute approximate surface area is 116 Å². The van der Waals surface area contributed by atoms with Crippen molar-refractivity contribution in [3.8, 4) is 0 Å². The lowest BCUT2D eigenvalue weighted by Crippen LogP contribution is -2.43. The number of nitrogens with zero attached hydrogens (tertiary/aromatic N) is 1. The first-order valence-electron chi connectivity index (χ1n) is 7.97. The fourth-order valence-electron chi connectivity index (χ4n) is 3.82. The summed E-state index contributed by atoms with van der Waals surface area (Å²) in [6, 6.07) is 1.77. The first kappa shape index (κ1) is 13.3. The molecule has 3 aliphatic rings.